The Bertz CT molecular complexity index is 645. The molecule has 1 amide bonds. The van der Waals surface area contributed by atoms with E-state index in [2.05, 4.69) is 0 Å². The molecular weight excluding hydrogens is 312 g/mol. The molecule has 2 aliphatic carbocycles. The van der Waals surface area contributed by atoms with Crippen LogP contribution in [0.3, 0.4) is 0 Å². The number of amides is 1. The zero-order valence-electron chi connectivity index (χ0n) is 12.6. The van der Waals surface area contributed by atoms with Crippen LogP contribution in [-0.4, -0.2) is 53.1 Å². The first-order chi connectivity index (χ1) is 10.0. The van der Waals surface area contributed by atoms with Gasteiger partial charge in [-0.1, -0.05) is 13.8 Å². The molecule has 1 aliphatic heterocycles. The number of carbonyl (C=O) groups excluding carboxylic acids is 1. The van der Waals surface area contributed by atoms with Gasteiger partial charge in [0.05, 0.1) is 11.8 Å². The summed E-state index contributed by atoms with van der Waals surface area (Å²) in [6, 6.07) is -0.472. The number of nitrogens with zero attached hydrogens (tertiary/aromatic N) is 2. The molecule has 0 aromatic rings. The Balaban J connectivity index is 1.97. The molecule has 22 heavy (non-hydrogen) atoms. The number of rotatable bonds is 3. The maximum absolute atomic E-state index is 12.5. The number of nitro groups is 1. The summed E-state index contributed by atoms with van der Waals surface area (Å²) in [5.74, 6) is -0.816. The van der Waals surface area contributed by atoms with E-state index in [-0.39, 0.29) is 11.2 Å². The minimum absolute atomic E-state index is 0.106. The highest BCUT2D eigenvalue weighted by molar-refractivity contribution is 7.90. The minimum atomic E-state index is -3.84. The van der Waals surface area contributed by atoms with Gasteiger partial charge in [-0.2, -0.15) is 0 Å². The van der Waals surface area contributed by atoms with Crippen LogP contribution >= 0.6 is 0 Å². The standard InChI is InChI=1S/C13H20N2O6S/c1-12(2)8-3-4-13(12)7-22(20,21)15(10(13)5-8)11(17)9(16)6-14(18)19/h8-10,16H,3-7H2,1-2H3/t8?,9-,10+,13?/m0/s1. The van der Waals surface area contributed by atoms with Gasteiger partial charge in [-0.3, -0.25) is 14.9 Å². The van der Waals surface area contributed by atoms with E-state index in [0.29, 0.717) is 12.3 Å². The van der Waals surface area contributed by atoms with Gasteiger partial charge in [-0.05, 0) is 30.6 Å². The van der Waals surface area contributed by atoms with Crippen LogP contribution in [0.4, 0.5) is 0 Å². The van der Waals surface area contributed by atoms with E-state index in [9.17, 15) is 28.4 Å². The lowest BCUT2D eigenvalue weighted by Gasteiger charge is -2.37. The van der Waals surface area contributed by atoms with Gasteiger partial charge in [0.25, 0.3) is 5.91 Å². The van der Waals surface area contributed by atoms with Crippen molar-refractivity contribution in [2.45, 2.75) is 45.3 Å². The van der Waals surface area contributed by atoms with Crippen molar-refractivity contribution in [3.63, 3.8) is 0 Å². The molecule has 8 nitrogen and oxygen atoms in total. The summed E-state index contributed by atoms with van der Waals surface area (Å²) in [5, 5.41) is 20.2. The van der Waals surface area contributed by atoms with Gasteiger partial charge >= 0.3 is 0 Å². The van der Waals surface area contributed by atoms with Gasteiger partial charge in [0.15, 0.2) is 6.10 Å². The average Bonchev–Trinajstić information content (AvgIpc) is 2.83. The number of hydrogen-bond donors (Lipinski definition) is 1. The van der Waals surface area contributed by atoms with Gasteiger partial charge in [0, 0.05) is 10.3 Å². The van der Waals surface area contributed by atoms with Crippen LogP contribution in [-0.2, 0) is 14.8 Å². The fraction of sp³-hybridized carbons (Fsp3) is 0.923. The lowest BCUT2D eigenvalue weighted by Crippen LogP contribution is -2.49. The molecule has 9 heteroatoms. The molecule has 4 atom stereocenters. The Morgan fingerprint density at radius 2 is 2.14 bits per heavy atom. The van der Waals surface area contributed by atoms with E-state index in [0.717, 1.165) is 17.1 Å². The molecule has 0 radical (unpaired) electrons. The van der Waals surface area contributed by atoms with Crippen molar-refractivity contribution in [1.82, 2.24) is 4.31 Å². The molecular formula is C13H20N2O6S. The van der Waals surface area contributed by atoms with Crippen molar-refractivity contribution in [2.75, 3.05) is 12.3 Å². The molecule has 3 rings (SSSR count). The molecule has 1 spiro atoms. The molecule has 2 bridgehead atoms. The number of aliphatic hydroxyl groups is 1. The predicted octanol–water partition coefficient (Wildman–Crippen LogP) is -0.00910. The molecule has 1 N–H and O–H groups in total. The highest BCUT2D eigenvalue weighted by Crippen LogP contribution is 2.69. The van der Waals surface area contributed by atoms with E-state index >= 15 is 0 Å². The first kappa shape index (κ1) is 15.7. The van der Waals surface area contributed by atoms with Crippen molar-refractivity contribution < 1.29 is 23.2 Å². The number of carbonyl (C=O) groups is 1. The third-order valence-corrected chi connectivity index (χ3v) is 8.15. The zero-order valence-corrected chi connectivity index (χ0v) is 13.4. The van der Waals surface area contributed by atoms with Crippen molar-refractivity contribution in [3.05, 3.63) is 10.1 Å². The number of sulfonamides is 1. The van der Waals surface area contributed by atoms with Crippen molar-refractivity contribution in [1.29, 1.82) is 0 Å². The maximum atomic E-state index is 12.5. The topological polar surface area (TPSA) is 118 Å². The number of hydrogen-bond acceptors (Lipinski definition) is 6. The fourth-order valence-electron chi connectivity index (χ4n) is 4.95. The van der Waals surface area contributed by atoms with Crippen LogP contribution in [0, 0.1) is 26.9 Å². The van der Waals surface area contributed by atoms with E-state index < -0.39 is 45.0 Å². The van der Waals surface area contributed by atoms with E-state index in [1.807, 2.05) is 13.8 Å². The van der Waals surface area contributed by atoms with Crippen molar-refractivity contribution in [2.24, 2.45) is 16.7 Å². The number of aliphatic hydroxyl groups excluding tert-OH is 1. The van der Waals surface area contributed by atoms with Crippen LogP contribution in [0.15, 0.2) is 0 Å². The summed E-state index contributed by atoms with van der Waals surface area (Å²) in [7, 11) is -3.84. The predicted molar refractivity (Wildman–Crippen MR) is 75.8 cm³/mol. The van der Waals surface area contributed by atoms with Crippen LogP contribution < -0.4 is 0 Å². The third-order valence-electron chi connectivity index (χ3n) is 6.24. The Morgan fingerprint density at radius 1 is 1.50 bits per heavy atom. The van der Waals surface area contributed by atoms with E-state index in [1.165, 1.54) is 0 Å². The molecule has 2 saturated carbocycles. The molecule has 1 heterocycles. The summed E-state index contributed by atoms with van der Waals surface area (Å²) in [4.78, 5) is 22.0. The summed E-state index contributed by atoms with van der Waals surface area (Å²) < 4.78 is 25.8. The maximum Gasteiger partial charge on any atom is 0.272 e. The third kappa shape index (κ3) is 1.78. The fourth-order valence-corrected chi connectivity index (χ4v) is 7.52. The summed E-state index contributed by atoms with van der Waals surface area (Å²) in [6.07, 6.45) is 0.355. The van der Waals surface area contributed by atoms with Crippen molar-refractivity contribution in [3.8, 4) is 0 Å². The minimum Gasteiger partial charge on any atom is -0.377 e. The molecule has 1 saturated heterocycles. The second kappa shape index (κ2) is 4.41. The Kier molecular flexibility index (Phi) is 3.14. The summed E-state index contributed by atoms with van der Waals surface area (Å²) in [5.41, 5.74) is -0.672. The second-order valence-electron chi connectivity index (χ2n) is 7.29. The Morgan fingerprint density at radius 3 is 2.68 bits per heavy atom. The van der Waals surface area contributed by atoms with Gasteiger partial charge < -0.3 is 5.11 Å². The van der Waals surface area contributed by atoms with Crippen LogP contribution in [0.2, 0.25) is 0 Å². The lowest BCUT2D eigenvalue weighted by molar-refractivity contribution is -0.487. The monoisotopic (exact) mass is 332 g/mol. The molecule has 3 fully saturated rings. The molecule has 3 aliphatic rings. The molecule has 0 aromatic heterocycles. The van der Waals surface area contributed by atoms with Gasteiger partial charge in [0.1, 0.15) is 0 Å². The smallest absolute Gasteiger partial charge is 0.272 e. The van der Waals surface area contributed by atoms with Gasteiger partial charge in [-0.25, -0.2) is 12.7 Å². The Hall–Kier alpha value is -1.22. The second-order valence-corrected chi connectivity index (χ2v) is 9.13. The van der Waals surface area contributed by atoms with Crippen LogP contribution in [0.1, 0.15) is 33.1 Å². The highest BCUT2D eigenvalue weighted by Gasteiger charge is 2.72. The van der Waals surface area contributed by atoms with E-state index in [4.69, 9.17) is 0 Å². The first-order valence-corrected chi connectivity index (χ1v) is 9.00. The lowest BCUT2D eigenvalue weighted by atomic mass is 9.69. The largest absolute Gasteiger partial charge is 0.377 e. The van der Waals surface area contributed by atoms with Crippen molar-refractivity contribution >= 4 is 15.9 Å². The average molecular weight is 332 g/mol. The summed E-state index contributed by atoms with van der Waals surface area (Å²) >= 11 is 0. The van der Waals surface area contributed by atoms with Gasteiger partial charge in [0.2, 0.25) is 16.6 Å². The van der Waals surface area contributed by atoms with Gasteiger partial charge in [-0.15, -0.1) is 0 Å². The number of fused-ring (bicyclic) bond motifs is 1. The molecule has 2 unspecified atom stereocenters. The SMILES string of the molecule is CC1(C)C2CCC13CS(=O)(=O)N(C(=O)[C@@H](O)C[N+](=O)[O-])[C@@H]3C2. The van der Waals surface area contributed by atoms with E-state index in [1.54, 1.807) is 0 Å². The quantitative estimate of drug-likeness (QED) is 0.574. The summed E-state index contributed by atoms with van der Waals surface area (Å²) in [6.45, 7) is 3.11. The highest BCUT2D eigenvalue weighted by atomic mass is 32.2. The van der Waals surface area contributed by atoms with Crippen LogP contribution in [0.25, 0.3) is 0 Å². The molecule has 124 valence electrons. The normalized spacial score (nSPS) is 38.8. The molecule has 0 aromatic carbocycles. The van der Waals surface area contributed by atoms with Crippen LogP contribution in [0.5, 0.6) is 0 Å². The Labute approximate surface area is 128 Å². The zero-order chi connectivity index (χ0) is 16.5. The first-order valence-electron chi connectivity index (χ1n) is 7.39.